The molecule has 1 amide bonds. The quantitative estimate of drug-likeness (QED) is 0.500. The number of rotatable bonds is 4. The molecule has 1 fully saturated rings. The molecule has 0 aromatic heterocycles. The van der Waals surface area contributed by atoms with E-state index in [1.165, 1.54) is 6.07 Å². The Bertz CT molecular complexity index is 985. The van der Waals surface area contributed by atoms with Crippen LogP contribution in [-0.2, 0) is 11.2 Å². The number of carboxylic acid groups (broad SMARTS) is 1. The molecule has 0 spiro atoms. The number of nitrogens with one attached hydrogen (secondary N) is 2. The molecule has 0 radical (unpaired) electrons. The predicted octanol–water partition coefficient (Wildman–Crippen LogP) is 4.97. The summed E-state index contributed by atoms with van der Waals surface area (Å²) in [5.41, 5.74) is 2.66. The molecular formula is C22H23FN2O4. The van der Waals surface area contributed by atoms with Crippen molar-refractivity contribution in [1.29, 1.82) is 0 Å². The molecule has 2 aliphatic rings. The Labute approximate surface area is 168 Å². The van der Waals surface area contributed by atoms with Gasteiger partial charge in [-0.1, -0.05) is 19.9 Å². The van der Waals surface area contributed by atoms with Crippen LogP contribution in [0.3, 0.4) is 0 Å². The van der Waals surface area contributed by atoms with Gasteiger partial charge in [0.25, 0.3) is 0 Å². The number of fused-ring (bicyclic) bond motifs is 1. The first-order valence-corrected chi connectivity index (χ1v) is 9.63. The van der Waals surface area contributed by atoms with Gasteiger partial charge in [0.05, 0.1) is 11.7 Å². The fourth-order valence-corrected chi connectivity index (χ4v) is 3.90. The molecule has 3 N–H and O–H groups in total. The van der Waals surface area contributed by atoms with Crippen LogP contribution < -0.4 is 15.4 Å². The second-order valence-electron chi connectivity index (χ2n) is 8.43. The summed E-state index contributed by atoms with van der Waals surface area (Å²) < 4.78 is 19.0. The monoisotopic (exact) mass is 398 g/mol. The number of hydrogen-bond donors (Lipinski definition) is 3. The molecule has 4 rings (SSSR count). The number of ether oxygens (including phenoxy) is 1. The summed E-state index contributed by atoms with van der Waals surface area (Å²) >= 11 is 0. The van der Waals surface area contributed by atoms with Crippen LogP contribution in [-0.4, -0.2) is 17.2 Å². The van der Waals surface area contributed by atoms with Gasteiger partial charge in [-0.05, 0) is 66.1 Å². The lowest BCUT2D eigenvalue weighted by molar-refractivity contribution is -0.117. The van der Waals surface area contributed by atoms with E-state index in [9.17, 15) is 14.0 Å². The fourth-order valence-electron chi connectivity index (χ4n) is 3.90. The maximum Gasteiger partial charge on any atom is 0.511 e. The summed E-state index contributed by atoms with van der Waals surface area (Å²) in [6.45, 7) is 4.17. The van der Waals surface area contributed by atoms with Gasteiger partial charge in [0.15, 0.2) is 0 Å². The molecule has 7 heteroatoms. The molecule has 152 valence electrons. The van der Waals surface area contributed by atoms with Crippen LogP contribution in [0.4, 0.5) is 20.6 Å². The smallest absolute Gasteiger partial charge is 0.449 e. The minimum absolute atomic E-state index is 0.00334. The zero-order chi connectivity index (χ0) is 20.8. The van der Waals surface area contributed by atoms with Crippen molar-refractivity contribution in [2.45, 2.75) is 39.2 Å². The van der Waals surface area contributed by atoms with Gasteiger partial charge >= 0.3 is 6.16 Å². The Morgan fingerprint density at radius 2 is 1.97 bits per heavy atom. The Morgan fingerprint density at radius 1 is 1.21 bits per heavy atom. The molecule has 1 heterocycles. The Kier molecular flexibility index (Phi) is 4.68. The zero-order valence-corrected chi connectivity index (χ0v) is 16.3. The number of carbonyl (C=O) groups excluding carboxylic acids is 1. The van der Waals surface area contributed by atoms with Crippen molar-refractivity contribution in [2.75, 3.05) is 10.6 Å². The molecule has 1 atom stereocenters. The molecule has 2 aromatic carbocycles. The molecule has 1 aliphatic carbocycles. The van der Waals surface area contributed by atoms with Crippen molar-refractivity contribution in [2.24, 2.45) is 11.3 Å². The first-order chi connectivity index (χ1) is 13.7. The Hall–Kier alpha value is -3.09. The van der Waals surface area contributed by atoms with E-state index in [0.717, 1.165) is 29.7 Å². The van der Waals surface area contributed by atoms with Crippen molar-refractivity contribution in [1.82, 2.24) is 0 Å². The molecule has 1 saturated carbocycles. The number of anilines is 2. The van der Waals surface area contributed by atoms with Gasteiger partial charge in [-0.15, -0.1) is 0 Å². The van der Waals surface area contributed by atoms with Crippen molar-refractivity contribution < 1.29 is 23.8 Å². The van der Waals surface area contributed by atoms with Crippen LogP contribution in [0, 0.1) is 17.2 Å². The van der Waals surface area contributed by atoms with Crippen molar-refractivity contribution >= 4 is 23.4 Å². The lowest BCUT2D eigenvalue weighted by atomic mass is 9.73. The molecule has 2 aromatic rings. The van der Waals surface area contributed by atoms with Gasteiger partial charge < -0.3 is 20.5 Å². The van der Waals surface area contributed by atoms with E-state index in [-0.39, 0.29) is 34.7 Å². The SMILES string of the molecule is CC1(C)Cc2cc(OC(=O)O)ccc2NC1c1ccc(F)c(NC(=O)C2CC2)c1. The second-order valence-corrected chi connectivity index (χ2v) is 8.43. The van der Waals surface area contributed by atoms with Crippen molar-refractivity contribution in [3.8, 4) is 5.75 Å². The van der Waals surface area contributed by atoms with E-state index in [0.29, 0.717) is 6.42 Å². The topological polar surface area (TPSA) is 87.7 Å². The first-order valence-electron chi connectivity index (χ1n) is 9.63. The molecule has 0 bridgehead atoms. The minimum atomic E-state index is -1.35. The maximum atomic E-state index is 14.3. The fraction of sp³-hybridized carbons (Fsp3) is 0.364. The average molecular weight is 398 g/mol. The molecule has 1 aliphatic heterocycles. The van der Waals surface area contributed by atoms with Crippen LogP contribution in [0.2, 0.25) is 0 Å². The van der Waals surface area contributed by atoms with E-state index in [2.05, 4.69) is 24.5 Å². The van der Waals surface area contributed by atoms with Gasteiger partial charge in [-0.2, -0.15) is 0 Å². The third kappa shape index (κ3) is 4.04. The standard InChI is InChI=1S/C22H23FN2O4/c1-22(2)11-14-9-15(29-21(27)28)6-8-17(14)24-19(22)13-5-7-16(23)18(10-13)25-20(26)12-3-4-12/h5-10,12,19,24H,3-4,11H2,1-2H3,(H,25,26)(H,27,28). The largest absolute Gasteiger partial charge is 0.511 e. The first kappa shape index (κ1) is 19.2. The molecule has 29 heavy (non-hydrogen) atoms. The maximum absolute atomic E-state index is 14.3. The van der Waals surface area contributed by atoms with Crippen LogP contribution in [0.5, 0.6) is 5.75 Å². The van der Waals surface area contributed by atoms with Crippen LogP contribution in [0.25, 0.3) is 0 Å². The number of benzene rings is 2. The van der Waals surface area contributed by atoms with E-state index in [4.69, 9.17) is 9.84 Å². The number of amides is 1. The lowest BCUT2D eigenvalue weighted by Gasteiger charge is -2.41. The summed E-state index contributed by atoms with van der Waals surface area (Å²) in [7, 11) is 0. The molecule has 0 saturated heterocycles. The van der Waals surface area contributed by atoms with Crippen LogP contribution in [0.15, 0.2) is 36.4 Å². The third-order valence-corrected chi connectivity index (χ3v) is 5.54. The van der Waals surface area contributed by atoms with Crippen LogP contribution >= 0.6 is 0 Å². The van der Waals surface area contributed by atoms with Crippen molar-refractivity contribution in [3.05, 3.63) is 53.3 Å². The highest BCUT2D eigenvalue weighted by atomic mass is 19.1. The minimum Gasteiger partial charge on any atom is -0.449 e. The molecule has 6 nitrogen and oxygen atoms in total. The summed E-state index contributed by atoms with van der Waals surface area (Å²) in [6, 6.07) is 9.81. The van der Waals surface area contributed by atoms with Gasteiger partial charge in [-0.25, -0.2) is 9.18 Å². The Morgan fingerprint density at radius 3 is 2.66 bits per heavy atom. The summed E-state index contributed by atoms with van der Waals surface area (Å²) in [4.78, 5) is 22.9. The molecule has 1 unspecified atom stereocenters. The van der Waals surface area contributed by atoms with Gasteiger partial charge in [0, 0.05) is 11.6 Å². The third-order valence-electron chi connectivity index (χ3n) is 5.54. The average Bonchev–Trinajstić information content (AvgIpc) is 3.47. The predicted molar refractivity (Wildman–Crippen MR) is 107 cm³/mol. The summed E-state index contributed by atoms with van der Waals surface area (Å²) in [6.07, 6.45) is 1.04. The van der Waals surface area contributed by atoms with Gasteiger partial charge in [-0.3, -0.25) is 4.79 Å². The number of carbonyl (C=O) groups is 2. The van der Waals surface area contributed by atoms with E-state index in [1.54, 1.807) is 30.3 Å². The highest BCUT2D eigenvalue weighted by Gasteiger charge is 2.37. The van der Waals surface area contributed by atoms with E-state index < -0.39 is 12.0 Å². The normalized spacial score (nSPS) is 19.6. The summed E-state index contributed by atoms with van der Waals surface area (Å²) in [5.74, 6) is -0.309. The number of halogens is 1. The van der Waals surface area contributed by atoms with Gasteiger partial charge in [0.1, 0.15) is 11.6 Å². The zero-order valence-electron chi connectivity index (χ0n) is 16.3. The lowest BCUT2D eigenvalue weighted by Crippen LogP contribution is -2.35. The Balaban J connectivity index is 1.61. The van der Waals surface area contributed by atoms with E-state index in [1.807, 2.05) is 0 Å². The highest BCUT2D eigenvalue weighted by molar-refractivity contribution is 5.94. The van der Waals surface area contributed by atoms with Crippen molar-refractivity contribution in [3.63, 3.8) is 0 Å². The summed E-state index contributed by atoms with van der Waals surface area (Å²) in [5, 5.41) is 15.0. The highest BCUT2D eigenvalue weighted by Crippen LogP contribution is 2.46. The number of hydrogen-bond acceptors (Lipinski definition) is 4. The van der Waals surface area contributed by atoms with Crippen LogP contribution in [0.1, 0.15) is 43.9 Å². The second kappa shape index (κ2) is 7.06. The van der Waals surface area contributed by atoms with E-state index >= 15 is 0 Å². The van der Waals surface area contributed by atoms with Gasteiger partial charge in [0.2, 0.25) is 5.91 Å². The molecular weight excluding hydrogens is 375 g/mol.